The molecule has 1 fully saturated rings. The number of rotatable bonds is 2. The lowest BCUT2D eigenvalue weighted by molar-refractivity contribution is -0.162. The lowest BCUT2D eigenvalue weighted by Crippen LogP contribution is -2.39. The Labute approximate surface area is 95.1 Å². The summed E-state index contributed by atoms with van der Waals surface area (Å²) in [5, 5.41) is 8.78. The van der Waals surface area contributed by atoms with Crippen LogP contribution in [0.2, 0.25) is 0 Å². The van der Waals surface area contributed by atoms with Gasteiger partial charge in [0.1, 0.15) is 0 Å². The molecule has 2 atom stereocenters. The van der Waals surface area contributed by atoms with Crippen LogP contribution in [0.5, 0.6) is 0 Å². The smallest absolute Gasteiger partial charge is 0.422 e. The number of carbonyl (C=O) groups is 2. The minimum atomic E-state index is -4.58. The molecule has 17 heavy (non-hydrogen) atoms. The Kier molecular flexibility index (Phi) is 3.84. The molecule has 1 saturated heterocycles. The van der Waals surface area contributed by atoms with E-state index in [1.165, 1.54) is 6.92 Å². The predicted octanol–water partition coefficient (Wildman–Crippen LogP) is 1.48. The van der Waals surface area contributed by atoms with Crippen molar-refractivity contribution in [1.82, 2.24) is 4.90 Å². The highest BCUT2D eigenvalue weighted by molar-refractivity contribution is 5.75. The highest BCUT2D eigenvalue weighted by Crippen LogP contribution is 2.25. The van der Waals surface area contributed by atoms with Gasteiger partial charge >= 0.3 is 18.2 Å². The molecule has 1 aliphatic heterocycles. The fourth-order valence-corrected chi connectivity index (χ4v) is 1.75. The van der Waals surface area contributed by atoms with Crippen molar-refractivity contribution < 1.29 is 32.6 Å². The molecule has 0 radical (unpaired) electrons. The van der Waals surface area contributed by atoms with E-state index in [-0.39, 0.29) is 13.0 Å². The topological polar surface area (TPSA) is 66.8 Å². The minimum Gasteiger partial charge on any atom is -0.481 e. The van der Waals surface area contributed by atoms with Crippen LogP contribution < -0.4 is 0 Å². The van der Waals surface area contributed by atoms with E-state index in [9.17, 15) is 22.8 Å². The van der Waals surface area contributed by atoms with Crippen molar-refractivity contribution in [3.63, 3.8) is 0 Å². The molecule has 2 unspecified atom stereocenters. The maximum atomic E-state index is 11.8. The van der Waals surface area contributed by atoms with Gasteiger partial charge in [0, 0.05) is 12.6 Å². The predicted molar refractivity (Wildman–Crippen MR) is 49.3 cm³/mol. The zero-order valence-corrected chi connectivity index (χ0v) is 9.03. The number of carboxylic acid groups (broad SMARTS) is 1. The van der Waals surface area contributed by atoms with Gasteiger partial charge in [-0.15, -0.1) is 0 Å². The van der Waals surface area contributed by atoms with Crippen LogP contribution in [0.15, 0.2) is 0 Å². The Morgan fingerprint density at radius 2 is 2.06 bits per heavy atom. The first-order chi connectivity index (χ1) is 7.72. The second kappa shape index (κ2) is 4.80. The highest BCUT2D eigenvalue weighted by atomic mass is 19.4. The van der Waals surface area contributed by atoms with Gasteiger partial charge in [-0.1, -0.05) is 0 Å². The number of aliphatic carboxylic acids is 1. The number of hydrogen-bond acceptors (Lipinski definition) is 3. The van der Waals surface area contributed by atoms with Gasteiger partial charge in [-0.2, -0.15) is 13.2 Å². The van der Waals surface area contributed by atoms with Crippen LogP contribution >= 0.6 is 0 Å². The lowest BCUT2D eigenvalue weighted by atomic mass is 10.0. The van der Waals surface area contributed by atoms with Gasteiger partial charge in [-0.05, 0) is 13.3 Å². The van der Waals surface area contributed by atoms with Crippen molar-refractivity contribution in [2.24, 2.45) is 5.92 Å². The van der Waals surface area contributed by atoms with Crippen LogP contribution in [0.1, 0.15) is 13.3 Å². The van der Waals surface area contributed by atoms with Crippen molar-refractivity contribution >= 4 is 12.1 Å². The number of alkyl halides is 3. The Morgan fingerprint density at radius 1 is 1.47 bits per heavy atom. The molecule has 98 valence electrons. The van der Waals surface area contributed by atoms with Crippen LogP contribution in [0.4, 0.5) is 18.0 Å². The average molecular weight is 255 g/mol. The van der Waals surface area contributed by atoms with Gasteiger partial charge in [0.05, 0.1) is 5.92 Å². The molecule has 0 bridgehead atoms. The third-order valence-electron chi connectivity index (χ3n) is 2.67. The van der Waals surface area contributed by atoms with Gasteiger partial charge in [0.15, 0.2) is 6.61 Å². The summed E-state index contributed by atoms with van der Waals surface area (Å²) in [7, 11) is 0. The van der Waals surface area contributed by atoms with Crippen molar-refractivity contribution in [2.45, 2.75) is 25.6 Å². The number of carboxylic acids is 1. The van der Waals surface area contributed by atoms with Gasteiger partial charge < -0.3 is 14.7 Å². The van der Waals surface area contributed by atoms with E-state index < -0.39 is 36.8 Å². The largest absolute Gasteiger partial charge is 0.481 e. The molecule has 1 rings (SSSR count). The van der Waals surface area contributed by atoms with E-state index >= 15 is 0 Å². The van der Waals surface area contributed by atoms with Crippen LogP contribution in [0, 0.1) is 5.92 Å². The van der Waals surface area contributed by atoms with Gasteiger partial charge in [-0.25, -0.2) is 4.79 Å². The molecule has 0 spiro atoms. The van der Waals surface area contributed by atoms with Gasteiger partial charge in [0.2, 0.25) is 0 Å². The van der Waals surface area contributed by atoms with Crippen LogP contribution in [-0.2, 0) is 9.53 Å². The van der Waals surface area contributed by atoms with Gasteiger partial charge in [0.25, 0.3) is 0 Å². The highest BCUT2D eigenvalue weighted by Gasteiger charge is 2.40. The SMILES string of the molecule is CC1C(C(=O)O)CCN1C(=O)OCC(F)(F)F. The Bertz CT molecular complexity index is 318. The maximum Gasteiger partial charge on any atom is 0.422 e. The molecule has 5 nitrogen and oxygen atoms in total. The summed E-state index contributed by atoms with van der Waals surface area (Å²) < 4.78 is 39.5. The number of likely N-dealkylation sites (tertiary alicyclic amines) is 1. The number of hydrogen-bond donors (Lipinski definition) is 1. The Hall–Kier alpha value is -1.47. The first-order valence-electron chi connectivity index (χ1n) is 4.95. The number of nitrogens with zero attached hydrogens (tertiary/aromatic N) is 1. The second-order valence-corrected chi connectivity index (χ2v) is 3.84. The van der Waals surface area contributed by atoms with Crippen molar-refractivity contribution in [1.29, 1.82) is 0 Å². The zero-order chi connectivity index (χ0) is 13.2. The van der Waals surface area contributed by atoms with E-state index in [1.54, 1.807) is 0 Å². The van der Waals surface area contributed by atoms with Crippen LogP contribution in [0.3, 0.4) is 0 Å². The molecular weight excluding hydrogens is 243 g/mol. The molecule has 0 aliphatic carbocycles. The fourth-order valence-electron chi connectivity index (χ4n) is 1.75. The Morgan fingerprint density at radius 3 is 2.47 bits per heavy atom. The molecule has 1 amide bonds. The van der Waals surface area contributed by atoms with Crippen molar-refractivity contribution in [3.8, 4) is 0 Å². The first kappa shape index (κ1) is 13.6. The van der Waals surface area contributed by atoms with E-state index in [2.05, 4.69) is 4.74 Å². The maximum absolute atomic E-state index is 11.8. The molecule has 8 heteroatoms. The number of halogens is 3. The molecule has 0 aromatic carbocycles. The molecule has 0 aromatic heterocycles. The first-order valence-corrected chi connectivity index (χ1v) is 4.95. The van der Waals surface area contributed by atoms with E-state index in [4.69, 9.17) is 5.11 Å². The zero-order valence-electron chi connectivity index (χ0n) is 9.03. The summed E-state index contributed by atoms with van der Waals surface area (Å²) in [6, 6.07) is -0.659. The van der Waals surface area contributed by atoms with Crippen molar-refractivity contribution in [2.75, 3.05) is 13.2 Å². The molecule has 1 aliphatic rings. The number of amides is 1. The molecular formula is C9H12F3NO4. The van der Waals surface area contributed by atoms with Gasteiger partial charge in [-0.3, -0.25) is 4.79 Å². The quantitative estimate of drug-likeness (QED) is 0.811. The molecule has 1 N–H and O–H groups in total. The average Bonchev–Trinajstić information content (AvgIpc) is 2.55. The number of ether oxygens (including phenoxy) is 1. The summed E-state index contributed by atoms with van der Waals surface area (Å²) in [6.45, 7) is -0.0950. The van der Waals surface area contributed by atoms with E-state index in [1.807, 2.05) is 0 Å². The second-order valence-electron chi connectivity index (χ2n) is 3.84. The van der Waals surface area contributed by atoms with Crippen molar-refractivity contribution in [3.05, 3.63) is 0 Å². The summed E-state index contributed by atoms with van der Waals surface area (Å²) >= 11 is 0. The summed E-state index contributed by atoms with van der Waals surface area (Å²) in [6.07, 6.45) is -5.49. The summed E-state index contributed by atoms with van der Waals surface area (Å²) in [5.41, 5.74) is 0. The molecule has 1 heterocycles. The molecule has 0 aromatic rings. The monoisotopic (exact) mass is 255 g/mol. The van der Waals surface area contributed by atoms with E-state index in [0.717, 1.165) is 4.90 Å². The number of carbonyl (C=O) groups excluding carboxylic acids is 1. The third-order valence-corrected chi connectivity index (χ3v) is 2.67. The molecule has 0 saturated carbocycles. The third kappa shape index (κ3) is 3.50. The summed E-state index contributed by atoms with van der Waals surface area (Å²) in [5.74, 6) is -1.82. The fraction of sp³-hybridized carbons (Fsp3) is 0.778. The standard InChI is InChI=1S/C9H12F3NO4/c1-5-6(7(14)15)2-3-13(5)8(16)17-4-9(10,11)12/h5-6H,2-4H2,1H3,(H,14,15). The van der Waals surface area contributed by atoms with E-state index in [0.29, 0.717) is 0 Å². The van der Waals surface area contributed by atoms with Crippen LogP contribution in [0.25, 0.3) is 0 Å². The summed E-state index contributed by atoms with van der Waals surface area (Å²) in [4.78, 5) is 23.0. The normalized spacial score (nSPS) is 24.8. The Balaban J connectivity index is 2.52. The van der Waals surface area contributed by atoms with Crippen LogP contribution in [-0.4, -0.2) is 47.4 Å². The minimum absolute atomic E-state index is 0.0921. The lowest BCUT2D eigenvalue weighted by Gasteiger charge is -2.22.